The van der Waals surface area contributed by atoms with Crippen LogP contribution in [0.5, 0.6) is 5.75 Å². The molecule has 0 aromatic heterocycles. The monoisotopic (exact) mass is 277 g/mol. The summed E-state index contributed by atoms with van der Waals surface area (Å²) in [6.07, 6.45) is 2.35. The summed E-state index contributed by atoms with van der Waals surface area (Å²) in [5, 5.41) is 0. The van der Waals surface area contributed by atoms with Crippen LogP contribution in [0.15, 0.2) is 24.3 Å². The second kappa shape index (κ2) is 7.29. The molecule has 4 heteroatoms. The topological polar surface area (TPSA) is 38.8 Å². The highest BCUT2D eigenvalue weighted by Crippen LogP contribution is 2.18. The van der Waals surface area contributed by atoms with E-state index in [4.69, 9.17) is 4.74 Å². The summed E-state index contributed by atoms with van der Waals surface area (Å²) < 4.78 is 10.5. The predicted molar refractivity (Wildman–Crippen MR) is 77.9 cm³/mol. The number of benzene rings is 1. The lowest BCUT2D eigenvalue weighted by Gasteiger charge is -2.12. The van der Waals surface area contributed by atoms with Crippen molar-refractivity contribution in [3.8, 4) is 5.75 Å². The lowest BCUT2D eigenvalue weighted by atomic mass is 10.1. The Morgan fingerprint density at radius 2 is 2.10 bits per heavy atom. The van der Waals surface area contributed by atoms with Crippen molar-refractivity contribution >= 4 is 5.97 Å². The molecule has 1 heterocycles. The molecule has 0 spiro atoms. The maximum atomic E-state index is 11.1. The van der Waals surface area contributed by atoms with E-state index < -0.39 is 0 Å². The fraction of sp³-hybridized carbons (Fsp3) is 0.562. The first kappa shape index (κ1) is 14.9. The van der Waals surface area contributed by atoms with Crippen LogP contribution in [0.2, 0.25) is 0 Å². The van der Waals surface area contributed by atoms with E-state index in [2.05, 4.69) is 16.7 Å². The summed E-state index contributed by atoms with van der Waals surface area (Å²) in [4.78, 5) is 13.4. The van der Waals surface area contributed by atoms with Crippen molar-refractivity contribution in [3.63, 3.8) is 0 Å². The summed E-state index contributed by atoms with van der Waals surface area (Å²) in [6.45, 7) is 3.07. The van der Waals surface area contributed by atoms with Gasteiger partial charge in [0, 0.05) is 18.9 Å². The Hall–Kier alpha value is -1.55. The highest BCUT2D eigenvalue weighted by Gasteiger charge is 2.19. The molecule has 2 rings (SSSR count). The molecule has 0 N–H and O–H groups in total. The standard InChI is InChI=1S/C16H23NO3/c1-17-10-9-14(11-17)12-20-15-6-3-13(4-7-15)5-8-16(18)19-2/h3-4,6-7,14H,5,8-12H2,1-2H3. The van der Waals surface area contributed by atoms with Crippen molar-refractivity contribution in [3.05, 3.63) is 29.8 Å². The third-order valence-corrected chi connectivity index (χ3v) is 3.74. The fourth-order valence-electron chi connectivity index (χ4n) is 2.48. The van der Waals surface area contributed by atoms with E-state index in [0.29, 0.717) is 18.8 Å². The van der Waals surface area contributed by atoms with Gasteiger partial charge in [-0.15, -0.1) is 0 Å². The molecule has 1 aliphatic heterocycles. The lowest BCUT2D eigenvalue weighted by Crippen LogP contribution is -2.17. The molecular formula is C16H23NO3. The Morgan fingerprint density at radius 3 is 2.70 bits per heavy atom. The second-order valence-corrected chi connectivity index (χ2v) is 5.45. The predicted octanol–water partition coefficient (Wildman–Crippen LogP) is 2.12. The van der Waals surface area contributed by atoms with E-state index in [-0.39, 0.29) is 5.97 Å². The zero-order valence-electron chi connectivity index (χ0n) is 12.3. The van der Waals surface area contributed by atoms with Crippen LogP contribution in [0.3, 0.4) is 0 Å². The summed E-state index contributed by atoms with van der Waals surface area (Å²) in [5.74, 6) is 1.37. The summed E-state index contributed by atoms with van der Waals surface area (Å²) >= 11 is 0. The number of nitrogens with zero attached hydrogens (tertiary/aromatic N) is 1. The van der Waals surface area contributed by atoms with Gasteiger partial charge < -0.3 is 14.4 Å². The Kier molecular flexibility index (Phi) is 5.41. The number of ether oxygens (including phenoxy) is 2. The largest absolute Gasteiger partial charge is 0.493 e. The van der Waals surface area contributed by atoms with Gasteiger partial charge in [-0.3, -0.25) is 4.79 Å². The van der Waals surface area contributed by atoms with Gasteiger partial charge in [-0.1, -0.05) is 12.1 Å². The first-order valence-electron chi connectivity index (χ1n) is 7.14. The molecule has 0 amide bonds. The Balaban J connectivity index is 1.75. The SMILES string of the molecule is COC(=O)CCc1ccc(OCC2CCN(C)C2)cc1. The van der Waals surface area contributed by atoms with Crippen LogP contribution in [-0.4, -0.2) is 44.7 Å². The molecule has 0 radical (unpaired) electrons. The van der Waals surface area contributed by atoms with Crippen molar-refractivity contribution in [2.45, 2.75) is 19.3 Å². The zero-order valence-corrected chi connectivity index (χ0v) is 12.3. The molecule has 0 bridgehead atoms. The Labute approximate surface area is 120 Å². The molecule has 1 aromatic carbocycles. The second-order valence-electron chi connectivity index (χ2n) is 5.45. The Morgan fingerprint density at radius 1 is 1.35 bits per heavy atom. The van der Waals surface area contributed by atoms with E-state index in [1.807, 2.05) is 24.3 Å². The summed E-state index contributed by atoms with van der Waals surface area (Å²) in [7, 11) is 3.57. The smallest absolute Gasteiger partial charge is 0.305 e. The van der Waals surface area contributed by atoms with Crippen LogP contribution < -0.4 is 4.74 Å². The number of hydrogen-bond acceptors (Lipinski definition) is 4. The van der Waals surface area contributed by atoms with E-state index in [9.17, 15) is 4.79 Å². The van der Waals surface area contributed by atoms with Crippen LogP contribution in [0.4, 0.5) is 0 Å². The molecule has 0 saturated carbocycles. The average Bonchev–Trinajstić information content (AvgIpc) is 2.89. The van der Waals surface area contributed by atoms with E-state index >= 15 is 0 Å². The molecule has 1 aromatic rings. The lowest BCUT2D eigenvalue weighted by molar-refractivity contribution is -0.140. The quantitative estimate of drug-likeness (QED) is 0.747. The zero-order chi connectivity index (χ0) is 14.4. The van der Waals surface area contributed by atoms with Crippen LogP contribution >= 0.6 is 0 Å². The number of esters is 1. The van der Waals surface area contributed by atoms with Gasteiger partial charge in [0.1, 0.15) is 5.75 Å². The van der Waals surface area contributed by atoms with Gasteiger partial charge in [-0.05, 0) is 44.1 Å². The molecule has 4 nitrogen and oxygen atoms in total. The van der Waals surface area contributed by atoms with Gasteiger partial charge in [-0.25, -0.2) is 0 Å². The van der Waals surface area contributed by atoms with Crippen LogP contribution in [0, 0.1) is 5.92 Å². The molecule has 1 atom stereocenters. The molecule has 1 fully saturated rings. The number of rotatable bonds is 6. The molecule has 1 aliphatic rings. The van der Waals surface area contributed by atoms with Crippen LogP contribution in [-0.2, 0) is 16.0 Å². The highest BCUT2D eigenvalue weighted by molar-refractivity contribution is 5.69. The van der Waals surface area contributed by atoms with Crippen molar-refractivity contribution in [1.82, 2.24) is 4.90 Å². The van der Waals surface area contributed by atoms with Crippen LogP contribution in [0.25, 0.3) is 0 Å². The van der Waals surface area contributed by atoms with E-state index in [1.165, 1.54) is 20.1 Å². The van der Waals surface area contributed by atoms with Crippen molar-refractivity contribution in [1.29, 1.82) is 0 Å². The van der Waals surface area contributed by atoms with Crippen molar-refractivity contribution in [2.24, 2.45) is 5.92 Å². The molecule has 20 heavy (non-hydrogen) atoms. The number of carbonyl (C=O) groups excluding carboxylic acids is 1. The molecule has 110 valence electrons. The summed E-state index contributed by atoms with van der Waals surface area (Å²) in [6, 6.07) is 7.98. The summed E-state index contributed by atoms with van der Waals surface area (Å²) in [5.41, 5.74) is 1.13. The third kappa shape index (κ3) is 4.53. The van der Waals surface area contributed by atoms with E-state index in [1.54, 1.807) is 0 Å². The number of carbonyl (C=O) groups is 1. The highest BCUT2D eigenvalue weighted by atomic mass is 16.5. The van der Waals surface area contributed by atoms with E-state index in [0.717, 1.165) is 24.5 Å². The van der Waals surface area contributed by atoms with Gasteiger partial charge >= 0.3 is 5.97 Å². The number of hydrogen-bond donors (Lipinski definition) is 0. The molecular weight excluding hydrogens is 254 g/mol. The van der Waals surface area contributed by atoms with Crippen LogP contribution in [0.1, 0.15) is 18.4 Å². The maximum Gasteiger partial charge on any atom is 0.305 e. The van der Waals surface area contributed by atoms with Gasteiger partial charge in [-0.2, -0.15) is 0 Å². The molecule has 1 saturated heterocycles. The normalized spacial score (nSPS) is 19.0. The van der Waals surface area contributed by atoms with Gasteiger partial charge in [0.2, 0.25) is 0 Å². The maximum absolute atomic E-state index is 11.1. The first-order valence-corrected chi connectivity index (χ1v) is 7.14. The molecule has 1 unspecified atom stereocenters. The first-order chi connectivity index (χ1) is 9.67. The minimum atomic E-state index is -0.171. The van der Waals surface area contributed by atoms with Crippen molar-refractivity contribution in [2.75, 3.05) is 33.9 Å². The minimum Gasteiger partial charge on any atom is -0.493 e. The number of methoxy groups -OCH3 is 1. The number of likely N-dealkylation sites (tertiary alicyclic amines) is 1. The fourth-order valence-corrected chi connectivity index (χ4v) is 2.48. The van der Waals surface area contributed by atoms with Gasteiger partial charge in [0.25, 0.3) is 0 Å². The Bertz CT molecular complexity index is 430. The van der Waals surface area contributed by atoms with Crippen molar-refractivity contribution < 1.29 is 14.3 Å². The average molecular weight is 277 g/mol. The molecule has 0 aliphatic carbocycles. The van der Waals surface area contributed by atoms with Gasteiger partial charge in [0.05, 0.1) is 13.7 Å². The number of aryl methyl sites for hydroxylation is 1. The minimum absolute atomic E-state index is 0.171. The third-order valence-electron chi connectivity index (χ3n) is 3.74. The van der Waals surface area contributed by atoms with Gasteiger partial charge in [0.15, 0.2) is 0 Å².